The standard InChI is InChI=1S/C26H29N3O4/c1-3-32-24-14-18(15-27)4-6-22(24)25(30)28-20-9-12-29(13-10-20)11-8-19-5-7-21-23(17(19)2)16-33-26(21)31/h4-7,14,20H,3,8-13,16H2,1-2H3,(H,28,30). The van der Waals surface area contributed by atoms with Crippen LogP contribution in [0.2, 0.25) is 0 Å². The predicted octanol–water partition coefficient (Wildman–Crippen LogP) is 3.37. The van der Waals surface area contributed by atoms with Gasteiger partial charge in [-0.1, -0.05) is 6.07 Å². The molecule has 0 saturated carbocycles. The number of amides is 1. The van der Waals surface area contributed by atoms with Gasteiger partial charge in [0.05, 0.1) is 29.4 Å². The molecule has 2 aromatic rings. The van der Waals surface area contributed by atoms with E-state index in [0.29, 0.717) is 35.7 Å². The van der Waals surface area contributed by atoms with Crippen molar-refractivity contribution in [3.05, 3.63) is 63.7 Å². The first-order valence-electron chi connectivity index (χ1n) is 11.5. The molecule has 0 unspecified atom stereocenters. The van der Waals surface area contributed by atoms with Crippen LogP contribution in [0.25, 0.3) is 0 Å². The summed E-state index contributed by atoms with van der Waals surface area (Å²) in [5.41, 5.74) is 5.07. The number of carbonyl (C=O) groups is 2. The molecule has 1 amide bonds. The Morgan fingerprint density at radius 3 is 2.79 bits per heavy atom. The van der Waals surface area contributed by atoms with Crippen LogP contribution >= 0.6 is 0 Å². The highest BCUT2D eigenvalue weighted by Crippen LogP contribution is 2.26. The summed E-state index contributed by atoms with van der Waals surface area (Å²) in [7, 11) is 0. The minimum absolute atomic E-state index is 0.115. The van der Waals surface area contributed by atoms with Gasteiger partial charge in [0.1, 0.15) is 12.4 Å². The quantitative estimate of drug-likeness (QED) is 0.655. The predicted molar refractivity (Wildman–Crippen MR) is 123 cm³/mol. The van der Waals surface area contributed by atoms with Crippen molar-refractivity contribution in [2.24, 2.45) is 0 Å². The second kappa shape index (κ2) is 10.1. The number of fused-ring (bicyclic) bond motifs is 1. The Labute approximate surface area is 194 Å². The van der Waals surface area contributed by atoms with Crippen LogP contribution in [0.4, 0.5) is 0 Å². The fourth-order valence-corrected chi connectivity index (χ4v) is 4.57. The lowest BCUT2D eigenvalue weighted by atomic mass is 9.96. The van der Waals surface area contributed by atoms with Crippen molar-refractivity contribution in [3.8, 4) is 11.8 Å². The number of carbonyl (C=O) groups excluding carboxylic acids is 2. The van der Waals surface area contributed by atoms with Gasteiger partial charge in [-0.05, 0) is 68.5 Å². The first-order valence-corrected chi connectivity index (χ1v) is 11.5. The smallest absolute Gasteiger partial charge is 0.338 e. The van der Waals surface area contributed by atoms with Gasteiger partial charge < -0.3 is 19.7 Å². The maximum Gasteiger partial charge on any atom is 0.338 e. The van der Waals surface area contributed by atoms with Crippen molar-refractivity contribution in [2.75, 3.05) is 26.2 Å². The Hall–Kier alpha value is -3.37. The Balaban J connectivity index is 1.29. The summed E-state index contributed by atoms with van der Waals surface area (Å²) in [6.07, 6.45) is 2.70. The Kier molecular flexibility index (Phi) is 6.95. The first-order chi connectivity index (χ1) is 16.0. The van der Waals surface area contributed by atoms with E-state index in [-0.39, 0.29) is 17.9 Å². The number of benzene rings is 2. The molecule has 0 bridgehead atoms. The van der Waals surface area contributed by atoms with Crippen molar-refractivity contribution in [2.45, 2.75) is 45.8 Å². The molecule has 0 atom stereocenters. The number of hydrogen-bond acceptors (Lipinski definition) is 6. The zero-order valence-electron chi connectivity index (χ0n) is 19.1. The van der Waals surface area contributed by atoms with E-state index in [1.54, 1.807) is 18.2 Å². The van der Waals surface area contributed by atoms with Gasteiger partial charge in [0.15, 0.2) is 0 Å². The molecular weight excluding hydrogens is 418 g/mol. The van der Waals surface area contributed by atoms with Gasteiger partial charge in [0.25, 0.3) is 5.91 Å². The highest BCUT2D eigenvalue weighted by Gasteiger charge is 2.25. The number of piperidine rings is 1. The zero-order valence-corrected chi connectivity index (χ0v) is 19.1. The van der Waals surface area contributed by atoms with Crippen molar-refractivity contribution in [3.63, 3.8) is 0 Å². The minimum Gasteiger partial charge on any atom is -0.493 e. The summed E-state index contributed by atoms with van der Waals surface area (Å²) < 4.78 is 10.7. The summed E-state index contributed by atoms with van der Waals surface area (Å²) in [5.74, 6) is 0.0633. The number of esters is 1. The van der Waals surface area contributed by atoms with E-state index in [4.69, 9.17) is 14.7 Å². The molecule has 172 valence electrons. The molecular formula is C26H29N3O4. The lowest BCUT2D eigenvalue weighted by molar-refractivity contribution is 0.0534. The fourth-order valence-electron chi connectivity index (χ4n) is 4.57. The molecule has 2 aromatic carbocycles. The summed E-state index contributed by atoms with van der Waals surface area (Å²) in [5, 5.41) is 12.2. The number of cyclic esters (lactones) is 1. The van der Waals surface area contributed by atoms with Crippen LogP contribution in [0.1, 0.15) is 62.7 Å². The molecule has 1 saturated heterocycles. The summed E-state index contributed by atoms with van der Waals surface area (Å²) in [6.45, 7) is 7.51. The molecule has 7 heteroatoms. The maximum atomic E-state index is 12.8. The molecule has 33 heavy (non-hydrogen) atoms. The fraction of sp³-hybridized carbons (Fsp3) is 0.423. The van der Waals surface area contributed by atoms with Crippen LogP contribution in [0.15, 0.2) is 30.3 Å². The van der Waals surface area contributed by atoms with E-state index in [9.17, 15) is 9.59 Å². The molecule has 1 fully saturated rings. The first kappa shape index (κ1) is 22.8. The normalized spacial score (nSPS) is 16.1. The zero-order chi connectivity index (χ0) is 23.4. The van der Waals surface area contributed by atoms with Gasteiger partial charge in [-0.25, -0.2) is 4.79 Å². The number of hydrogen-bond donors (Lipinski definition) is 1. The second-order valence-electron chi connectivity index (χ2n) is 8.55. The molecule has 0 spiro atoms. The van der Waals surface area contributed by atoms with Gasteiger partial charge in [-0.2, -0.15) is 5.26 Å². The second-order valence-corrected chi connectivity index (χ2v) is 8.55. The average Bonchev–Trinajstić information content (AvgIpc) is 3.21. The summed E-state index contributed by atoms with van der Waals surface area (Å²) in [6, 6.07) is 11.0. The van der Waals surface area contributed by atoms with Crippen molar-refractivity contribution >= 4 is 11.9 Å². The SMILES string of the molecule is CCOc1cc(C#N)ccc1C(=O)NC1CCN(CCc2ccc3c(c2C)COC3=O)CC1. The highest BCUT2D eigenvalue weighted by atomic mass is 16.5. The van der Waals surface area contributed by atoms with Crippen molar-refractivity contribution in [1.29, 1.82) is 5.26 Å². The molecule has 0 aliphatic carbocycles. The van der Waals surface area contributed by atoms with E-state index < -0.39 is 0 Å². The van der Waals surface area contributed by atoms with Gasteiger partial charge in [0.2, 0.25) is 0 Å². The third kappa shape index (κ3) is 5.01. The van der Waals surface area contributed by atoms with Gasteiger partial charge in [-0.15, -0.1) is 0 Å². The molecule has 1 N–H and O–H groups in total. The summed E-state index contributed by atoms with van der Waals surface area (Å²) in [4.78, 5) is 27.0. The number of ether oxygens (including phenoxy) is 2. The molecule has 0 aromatic heterocycles. The molecule has 4 rings (SSSR count). The van der Waals surface area contributed by atoms with E-state index in [0.717, 1.165) is 50.0 Å². The van der Waals surface area contributed by atoms with Crippen molar-refractivity contribution < 1.29 is 19.1 Å². The Bertz CT molecular complexity index is 1100. The monoisotopic (exact) mass is 447 g/mol. The van der Waals surface area contributed by atoms with Crippen LogP contribution in [-0.2, 0) is 17.8 Å². The Morgan fingerprint density at radius 1 is 1.27 bits per heavy atom. The minimum atomic E-state index is -0.224. The number of nitrogens with zero attached hydrogens (tertiary/aromatic N) is 2. The van der Waals surface area contributed by atoms with Crippen LogP contribution in [-0.4, -0.2) is 49.1 Å². The van der Waals surface area contributed by atoms with E-state index in [2.05, 4.69) is 23.2 Å². The maximum absolute atomic E-state index is 12.8. The molecule has 7 nitrogen and oxygen atoms in total. The van der Waals surface area contributed by atoms with Crippen LogP contribution in [0.3, 0.4) is 0 Å². The lowest BCUT2D eigenvalue weighted by Gasteiger charge is -2.32. The van der Waals surface area contributed by atoms with E-state index in [1.165, 1.54) is 5.56 Å². The number of nitriles is 1. The third-order valence-electron chi connectivity index (χ3n) is 6.55. The number of rotatable bonds is 7. The Morgan fingerprint density at radius 2 is 2.06 bits per heavy atom. The largest absolute Gasteiger partial charge is 0.493 e. The van der Waals surface area contributed by atoms with E-state index in [1.807, 2.05) is 19.1 Å². The molecule has 2 aliphatic heterocycles. The molecule has 2 heterocycles. The van der Waals surface area contributed by atoms with Gasteiger partial charge in [-0.3, -0.25) is 4.79 Å². The molecule has 0 radical (unpaired) electrons. The van der Waals surface area contributed by atoms with Crippen LogP contribution in [0.5, 0.6) is 5.75 Å². The third-order valence-corrected chi connectivity index (χ3v) is 6.55. The van der Waals surface area contributed by atoms with Crippen LogP contribution in [0, 0.1) is 18.3 Å². The topological polar surface area (TPSA) is 91.7 Å². The van der Waals surface area contributed by atoms with Gasteiger partial charge in [0, 0.05) is 31.2 Å². The van der Waals surface area contributed by atoms with Gasteiger partial charge >= 0.3 is 5.97 Å². The number of nitrogens with one attached hydrogen (secondary N) is 1. The highest BCUT2D eigenvalue weighted by molar-refractivity contribution is 5.97. The lowest BCUT2D eigenvalue weighted by Crippen LogP contribution is -2.45. The van der Waals surface area contributed by atoms with E-state index >= 15 is 0 Å². The van der Waals surface area contributed by atoms with Crippen molar-refractivity contribution in [1.82, 2.24) is 10.2 Å². The summed E-state index contributed by atoms with van der Waals surface area (Å²) >= 11 is 0. The number of likely N-dealkylation sites (tertiary alicyclic amines) is 1. The molecule has 2 aliphatic rings. The van der Waals surface area contributed by atoms with Crippen LogP contribution < -0.4 is 10.1 Å². The average molecular weight is 448 g/mol.